The first kappa shape index (κ1) is 39.1. The van der Waals surface area contributed by atoms with E-state index in [4.69, 9.17) is 24.2 Å². The highest BCUT2D eigenvalue weighted by atomic mass is 32.2. The molecular weight excluding hydrogens is 692 g/mol. The zero-order valence-electron chi connectivity index (χ0n) is 30.1. The van der Waals surface area contributed by atoms with Crippen molar-refractivity contribution in [2.24, 2.45) is 16.3 Å². The number of aliphatic hydroxyl groups is 1. The zero-order chi connectivity index (χ0) is 37.5. The van der Waals surface area contributed by atoms with Gasteiger partial charge in [-0.05, 0) is 48.8 Å². The third-order valence-electron chi connectivity index (χ3n) is 9.76. The molecule has 16 heteroatoms. The molecule has 0 unspecified atom stereocenters. The fraction of sp³-hybridized carbons (Fsp3) is 0.583. The fourth-order valence-corrected chi connectivity index (χ4v) is 8.75. The van der Waals surface area contributed by atoms with E-state index >= 15 is 0 Å². The molecule has 0 spiro atoms. The summed E-state index contributed by atoms with van der Waals surface area (Å²) in [5.74, 6) is 0.928. The van der Waals surface area contributed by atoms with Gasteiger partial charge in [0.2, 0.25) is 22.8 Å². The normalized spacial score (nSPS) is 21.0. The number of nitriles is 1. The Bertz CT molecular complexity index is 1700. The first-order valence-electron chi connectivity index (χ1n) is 17.5. The van der Waals surface area contributed by atoms with Crippen LogP contribution < -0.4 is 19.9 Å². The number of fused-ring (bicyclic) bond motifs is 2. The predicted octanol–water partition coefficient (Wildman–Crippen LogP) is 1.97. The Morgan fingerprint density at radius 1 is 1.13 bits per heavy atom. The van der Waals surface area contributed by atoms with Gasteiger partial charge in [-0.3, -0.25) is 10.3 Å². The largest absolute Gasteiger partial charge is 0.530 e. The van der Waals surface area contributed by atoms with Crippen LogP contribution in [0.25, 0.3) is 0 Å². The number of rotatable bonds is 16. The molecule has 0 saturated carbocycles. The van der Waals surface area contributed by atoms with Gasteiger partial charge in [-0.2, -0.15) is 9.57 Å². The number of carboxylic acid groups (broad SMARTS) is 1. The number of aliphatic imine (C=N–C) groups is 1. The summed E-state index contributed by atoms with van der Waals surface area (Å²) < 4.78 is 52.6. The number of hydrogen-bond donors (Lipinski definition) is 2. The molecule has 5 rings (SSSR count). The fourth-order valence-electron chi connectivity index (χ4n) is 7.09. The number of nitrogens with one attached hydrogen (secondary N) is 1. The van der Waals surface area contributed by atoms with Gasteiger partial charge in [0, 0.05) is 45.7 Å². The molecule has 2 fully saturated rings. The Kier molecular flexibility index (Phi) is 12.9. The lowest BCUT2D eigenvalue weighted by molar-refractivity contribution is -0.273. The van der Waals surface area contributed by atoms with E-state index in [9.17, 15) is 23.4 Å². The first-order valence-corrected chi connectivity index (χ1v) is 19.0. The quantitative estimate of drug-likeness (QED) is 0.0838. The summed E-state index contributed by atoms with van der Waals surface area (Å²) in [5.41, 5.74) is 0.199. The van der Waals surface area contributed by atoms with Crippen molar-refractivity contribution in [3.8, 4) is 17.7 Å². The molecule has 2 N–H and O–H groups in total. The molecule has 3 aliphatic heterocycles. The molecule has 284 valence electrons. The minimum absolute atomic E-state index is 0.0253. The Hall–Kier alpha value is -4.14. The van der Waals surface area contributed by atoms with E-state index < -0.39 is 52.6 Å². The monoisotopic (exact) mass is 741 g/mol. The molecule has 15 nitrogen and oxygen atoms in total. The lowest BCUT2D eigenvalue weighted by Gasteiger charge is -2.43. The number of ether oxygens (including phenoxy) is 4. The Morgan fingerprint density at radius 2 is 1.88 bits per heavy atom. The molecule has 0 aliphatic carbocycles. The van der Waals surface area contributed by atoms with E-state index in [0.29, 0.717) is 56.3 Å². The van der Waals surface area contributed by atoms with Crippen LogP contribution >= 0.6 is 0 Å². The van der Waals surface area contributed by atoms with E-state index in [0.717, 1.165) is 10.5 Å². The maximum atomic E-state index is 14.5. The van der Waals surface area contributed by atoms with Crippen LogP contribution in [0, 0.1) is 22.8 Å². The number of unbranched alkanes of at least 4 members (excludes halogenated alkanes) is 1. The van der Waals surface area contributed by atoms with Gasteiger partial charge in [-0.15, -0.1) is 0 Å². The van der Waals surface area contributed by atoms with Gasteiger partial charge in [0.05, 0.1) is 36.3 Å². The van der Waals surface area contributed by atoms with E-state index in [1.165, 1.54) is 22.5 Å². The molecule has 0 bridgehead atoms. The number of guanidine groups is 1. The van der Waals surface area contributed by atoms with Crippen molar-refractivity contribution >= 4 is 22.1 Å². The molecule has 2 saturated heterocycles. The van der Waals surface area contributed by atoms with Crippen LogP contribution in [-0.2, 0) is 25.9 Å². The molecule has 3 heterocycles. The van der Waals surface area contributed by atoms with Gasteiger partial charge in [-0.25, -0.2) is 8.42 Å². The first-order chi connectivity index (χ1) is 24.8. The second-order valence-corrected chi connectivity index (χ2v) is 16.3. The summed E-state index contributed by atoms with van der Waals surface area (Å²) in [4.78, 5) is 20.2. The zero-order valence-corrected chi connectivity index (χ0v) is 31.0. The summed E-state index contributed by atoms with van der Waals surface area (Å²) in [6, 6.07) is 11.8. The lowest BCUT2D eigenvalue weighted by Crippen LogP contribution is -2.61. The summed E-state index contributed by atoms with van der Waals surface area (Å²) in [5, 5.41) is 36.6. The van der Waals surface area contributed by atoms with E-state index in [1.54, 1.807) is 19.0 Å². The average Bonchev–Trinajstić information content (AvgIpc) is 3.86. The number of carbonyl (C=O) groups is 1. The van der Waals surface area contributed by atoms with E-state index in [2.05, 4.69) is 10.3 Å². The number of aliphatic hydroxyl groups excluding tert-OH is 1. The third kappa shape index (κ3) is 9.44. The van der Waals surface area contributed by atoms with Gasteiger partial charge < -0.3 is 43.8 Å². The van der Waals surface area contributed by atoms with Crippen LogP contribution in [-0.4, -0.2) is 118 Å². The van der Waals surface area contributed by atoms with Crippen LogP contribution in [0.2, 0.25) is 0 Å². The van der Waals surface area contributed by atoms with Crippen LogP contribution in [0.4, 0.5) is 4.79 Å². The van der Waals surface area contributed by atoms with Crippen molar-refractivity contribution in [1.29, 1.82) is 5.26 Å². The van der Waals surface area contributed by atoms with Gasteiger partial charge in [0.15, 0.2) is 24.0 Å². The third-order valence-corrected chi connectivity index (χ3v) is 11.6. The topological polar surface area (TPSA) is 189 Å². The van der Waals surface area contributed by atoms with Crippen molar-refractivity contribution in [2.75, 3.05) is 53.7 Å². The van der Waals surface area contributed by atoms with Crippen molar-refractivity contribution < 1.29 is 42.4 Å². The van der Waals surface area contributed by atoms with Gasteiger partial charge >= 0.3 is 0 Å². The van der Waals surface area contributed by atoms with E-state index in [1.807, 2.05) is 50.4 Å². The molecule has 5 atom stereocenters. The molecule has 2 aromatic carbocycles. The minimum atomic E-state index is -4.25. The number of carbonyl (C=O) groups excluding carboxylic acids is 1. The molecule has 52 heavy (non-hydrogen) atoms. The molecular formula is C36H49N6O9S-. The summed E-state index contributed by atoms with van der Waals surface area (Å²) >= 11 is 0. The number of sulfonamides is 1. The van der Waals surface area contributed by atoms with Gasteiger partial charge in [0.25, 0.3) is 0 Å². The molecule has 0 aromatic heterocycles. The Labute approximate surface area is 305 Å². The number of benzene rings is 2. The van der Waals surface area contributed by atoms with Gasteiger partial charge in [-0.1, -0.05) is 50.6 Å². The van der Waals surface area contributed by atoms with Crippen molar-refractivity contribution in [1.82, 2.24) is 19.4 Å². The predicted molar refractivity (Wildman–Crippen MR) is 188 cm³/mol. The Morgan fingerprint density at radius 3 is 2.60 bits per heavy atom. The van der Waals surface area contributed by atoms with Crippen molar-refractivity contribution in [2.45, 2.75) is 75.3 Å². The van der Waals surface area contributed by atoms with Crippen molar-refractivity contribution in [3.05, 3.63) is 54.1 Å². The molecule has 2 aromatic rings. The molecule has 1 amide bonds. The number of hydrogen-bond acceptors (Lipinski definition) is 11. The standard InChI is InChI=1S/C36H50N6O9S/c1-36(2,15-8-9-16-38-34(39-23-37)40(3)4)22-41(52(46,47)26-12-13-31-32(19-26)51-24-50-31)20-30(43)28(18-25-10-6-5-7-11-25)42(35(44)45)29-21-49-33-27(29)14-17-48-33/h5-7,10-13,19,27-30,33,43H,8-9,14-18,20-22,24H2,1-4H3,(H,38,39)(H,44,45)/p-1/t27-,28-,29-,30+,33+/m0/s1. The SMILES string of the molecule is CN(C)C(=NCCCCC(C)(C)CN(C[C@@H](O)[C@H](Cc1ccccc1)N(C(=O)[O-])[C@H]1CO[C@H]2OCC[C@H]21)S(=O)(=O)c1ccc2c(c1)OCO2)NC#N. The summed E-state index contributed by atoms with van der Waals surface area (Å²) in [7, 11) is -0.682. The second-order valence-electron chi connectivity index (χ2n) is 14.4. The van der Waals surface area contributed by atoms with Crippen molar-refractivity contribution in [3.63, 3.8) is 0 Å². The average molecular weight is 742 g/mol. The summed E-state index contributed by atoms with van der Waals surface area (Å²) in [6.45, 7) is 4.48. The second kappa shape index (κ2) is 17.1. The van der Waals surface area contributed by atoms with Crippen LogP contribution in [0.3, 0.4) is 0 Å². The Balaban J connectivity index is 1.42. The number of amides is 1. The highest BCUT2D eigenvalue weighted by molar-refractivity contribution is 7.89. The highest BCUT2D eigenvalue weighted by Crippen LogP contribution is 2.38. The van der Waals surface area contributed by atoms with Crippen LogP contribution in [0.15, 0.2) is 58.4 Å². The summed E-state index contributed by atoms with van der Waals surface area (Å²) in [6.07, 6.45) is 1.13. The van der Waals surface area contributed by atoms with Crippen LogP contribution in [0.5, 0.6) is 11.5 Å². The smallest absolute Gasteiger partial charge is 0.243 e. The highest BCUT2D eigenvalue weighted by Gasteiger charge is 2.47. The molecule has 3 aliphatic rings. The maximum Gasteiger partial charge on any atom is 0.243 e. The molecule has 0 radical (unpaired) electrons. The maximum absolute atomic E-state index is 14.5. The lowest BCUT2D eigenvalue weighted by atomic mass is 9.87. The van der Waals surface area contributed by atoms with Gasteiger partial charge in [0.1, 0.15) is 6.09 Å². The van der Waals surface area contributed by atoms with E-state index in [-0.39, 0.29) is 37.2 Å². The van der Waals surface area contributed by atoms with Crippen LogP contribution in [0.1, 0.15) is 45.1 Å². The number of nitrogens with zero attached hydrogens (tertiary/aromatic N) is 5. The minimum Gasteiger partial charge on any atom is -0.530 e.